The van der Waals surface area contributed by atoms with E-state index in [0.29, 0.717) is 18.7 Å². The zero-order chi connectivity index (χ0) is 16.8. The van der Waals surface area contributed by atoms with E-state index in [4.69, 9.17) is 4.74 Å². The average molecular weight is 325 g/mol. The van der Waals surface area contributed by atoms with Crippen molar-refractivity contribution in [3.05, 3.63) is 59.9 Å². The molecule has 5 heteroatoms. The molecule has 2 aromatic rings. The molecular weight excluding hydrogens is 302 g/mol. The molecule has 0 spiro atoms. The first-order valence-electron chi connectivity index (χ1n) is 8.35. The van der Waals surface area contributed by atoms with Crippen LogP contribution in [-0.4, -0.2) is 42.1 Å². The number of aromatic nitrogens is 1. The van der Waals surface area contributed by atoms with Gasteiger partial charge >= 0.3 is 0 Å². The van der Waals surface area contributed by atoms with Crippen LogP contribution in [-0.2, 0) is 11.3 Å². The van der Waals surface area contributed by atoms with Crippen LogP contribution in [0, 0.1) is 0 Å². The van der Waals surface area contributed by atoms with Crippen LogP contribution in [0.25, 0.3) is 0 Å². The van der Waals surface area contributed by atoms with E-state index in [1.54, 1.807) is 6.20 Å². The van der Waals surface area contributed by atoms with Gasteiger partial charge in [0.15, 0.2) is 0 Å². The molecule has 0 bridgehead atoms. The number of nitrogens with one attached hydrogen (secondary N) is 1. The molecule has 0 unspecified atom stereocenters. The van der Waals surface area contributed by atoms with Crippen molar-refractivity contribution < 1.29 is 9.53 Å². The van der Waals surface area contributed by atoms with Crippen molar-refractivity contribution in [2.75, 3.05) is 25.5 Å². The molecular formula is C19H23N3O2. The number of para-hydroxylation sites is 1. The predicted molar refractivity (Wildman–Crippen MR) is 93.9 cm³/mol. The van der Waals surface area contributed by atoms with Gasteiger partial charge in [-0.25, -0.2) is 0 Å². The monoisotopic (exact) mass is 325 g/mol. The molecule has 0 aliphatic carbocycles. The van der Waals surface area contributed by atoms with E-state index >= 15 is 0 Å². The predicted octanol–water partition coefficient (Wildman–Crippen LogP) is 2.94. The van der Waals surface area contributed by atoms with Crippen molar-refractivity contribution in [3.8, 4) is 0 Å². The second-order valence-corrected chi connectivity index (χ2v) is 5.94. The highest BCUT2D eigenvalue weighted by Crippen LogP contribution is 2.20. The van der Waals surface area contributed by atoms with Gasteiger partial charge in [0.25, 0.3) is 5.91 Å². The van der Waals surface area contributed by atoms with Gasteiger partial charge in [-0.15, -0.1) is 0 Å². The standard InChI is InChI=1S/C19H23N3O2/c1-20-18-10-3-2-9-17(18)19(23)22(14-16-8-6-12-24-16)13-15-7-4-5-11-21-15/h2-5,7,9-11,16,20H,6,8,12-14H2,1H3/t16-/m0/s1. The van der Waals surface area contributed by atoms with Gasteiger partial charge in [-0.2, -0.15) is 0 Å². The topological polar surface area (TPSA) is 54.5 Å². The average Bonchev–Trinajstić information content (AvgIpc) is 3.14. The summed E-state index contributed by atoms with van der Waals surface area (Å²) in [4.78, 5) is 19.3. The van der Waals surface area contributed by atoms with Crippen LogP contribution >= 0.6 is 0 Å². The number of hydrogen-bond acceptors (Lipinski definition) is 4. The third-order valence-corrected chi connectivity index (χ3v) is 4.24. The first-order valence-corrected chi connectivity index (χ1v) is 8.35. The van der Waals surface area contributed by atoms with Gasteiger partial charge in [-0.05, 0) is 37.1 Å². The molecule has 1 aromatic heterocycles. The summed E-state index contributed by atoms with van der Waals surface area (Å²) in [6.45, 7) is 1.86. The van der Waals surface area contributed by atoms with Crippen molar-refractivity contribution in [1.82, 2.24) is 9.88 Å². The quantitative estimate of drug-likeness (QED) is 0.887. The number of carbonyl (C=O) groups excluding carboxylic acids is 1. The number of hydrogen-bond donors (Lipinski definition) is 1. The van der Waals surface area contributed by atoms with Gasteiger partial charge in [0, 0.05) is 32.1 Å². The van der Waals surface area contributed by atoms with Crippen molar-refractivity contribution in [3.63, 3.8) is 0 Å². The Balaban J connectivity index is 1.83. The minimum Gasteiger partial charge on any atom is -0.387 e. The molecule has 2 heterocycles. The normalized spacial score (nSPS) is 16.8. The Morgan fingerprint density at radius 3 is 2.83 bits per heavy atom. The lowest BCUT2D eigenvalue weighted by Crippen LogP contribution is -2.37. The van der Waals surface area contributed by atoms with Crippen LogP contribution in [0.3, 0.4) is 0 Å². The highest BCUT2D eigenvalue weighted by Gasteiger charge is 2.25. The summed E-state index contributed by atoms with van der Waals surface area (Å²) in [5, 5.41) is 3.09. The fraction of sp³-hybridized carbons (Fsp3) is 0.368. The minimum absolute atomic E-state index is 0.00102. The number of anilines is 1. The Kier molecular flexibility index (Phi) is 5.43. The number of rotatable bonds is 6. The Bertz CT molecular complexity index is 669. The fourth-order valence-electron chi connectivity index (χ4n) is 3.00. The van der Waals surface area contributed by atoms with Crippen LogP contribution in [0.15, 0.2) is 48.7 Å². The number of ether oxygens (including phenoxy) is 1. The largest absolute Gasteiger partial charge is 0.387 e. The SMILES string of the molecule is CNc1ccccc1C(=O)N(Cc1ccccn1)C[C@@H]1CCCO1. The molecule has 1 aliphatic rings. The van der Waals surface area contributed by atoms with Crippen LogP contribution in [0.5, 0.6) is 0 Å². The first kappa shape index (κ1) is 16.5. The van der Waals surface area contributed by atoms with Gasteiger partial charge in [-0.3, -0.25) is 9.78 Å². The first-order chi connectivity index (χ1) is 11.8. The lowest BCUT2D eigenvalue weighted by molar-refractivity contribution is 0.0505. The molecule has 3 rings (SSSR count). The van der Waals surface area contributed by atoms with Gasteiger partial charge in [-0.1, -0.05) is 18.2 Å². The van der Waals surface area contributed by atoms with Crippen LogP contribution in [0.2, 0.25) is 0 Å². The van der Waals surface area contributed by atoms with Gasteiger partial charge in [0.2, 0.25) is 0 Å². The van der Waals surface area contributed by atoms with E-state index < -0.39 is 0 Å². The molecule has 1 aromatic carbocycles. The summed E-state index contributed by atoms with van der Waals surface area (Å²) >= 11 is 0. The van der Waals surface area contributed by atoms with Crippen molar-refractivity contribution in [1.29, 1.82) is 0 Å². The summed E-state index contributed by atoms with van der Waals surface area (Å²) in [7, 11) is 1.83. The van der Waals surface area contributed by atoms with Crippen molar-refractivity contribution >= 4 is 11.6 Å². The molecule has 0 saturated carbocycles. The third kappa shape index (κ3) is 3.92. The van der Waals surface area contributed by atoms with E-state index in [-0.39, 0.29) is 12.0 Å². The summed E-state index contributed by atoms with van der Waals surface area (Å²) in [6.07, 6.45) is 3.92. The molecule has 126 valence electrons. The zero-order valence-corrected chi connectivity index (χ0v) is 13.9. The highest BCUT2D eigenvalue weighted by atomic mass is 16.5. The number of nitrogens with zero attached hydrogens (tertiary/aromatic N) is 2. The maximum absolute atomic E-state index is 13.1. The van der Waals surface area contributed by atoms with Crippen LogP contribution < -0.4 is 5.32 Å². The maximum atomic E-state index is 13.1. The Morgan fingerprint density at radius 1 is 1.29 bits per heavy atom. The van der Waals surface area contributed by atoms with Crippen molar-refractivity contribution in [2.45, 2.75) is 25.5 Å². The summed E-state index contributed by atoms with van der Waals surface area (Å²) < 4.78 is 5.73. The van der Waals surface area contributed by atoms with Gasteiger partial charge in [0.1, 0.15) is 0 Å². The molecule has 1 aliphatic heterocycles. The van der Waals surface area contributed by atoms with Crippen LogP contribution in [0.1, 0.15) is 28.9 Å². The smallest absolute Gasteiger partial charge is 0.256 e. The molecule has 1 N–H and O–H groups in total. The summed E-state index contributed by atoms with van der Waals surface area (Å²) in [6, 6.07) is 13.3. The minimum atomic E-state index is 0.00102. The number of amides is 1. The Hall–Kier alpha value is -2.40. The third-order valence-electron chi connectivity index (χ3n) is 4.24. The number of carbonyl (C=O) groups is 1. The second-order valence-electron chi connectivity index (χ2n) is 5.94. The molecule has 1 amide bonds. The Labute approximate surface area is 142 Å². The molecule has 1 atom stereocenters. The maximum Gasteiger partial charge on any atom is 0.256 e. The Morgan fingerprint density at radius 2 is 2.12 bits per heavy atom. The van der Waals surface area contributed by atoms with Crippen molar-refractivity contribution in [2.24, 2.45) is 0 Å². The molecule has 1 fully saturated rings. The van der Waals surface area contributed by atoms with Crippen LogP contribution in [0.4, 0.5) is 5.69 Å². The van der Waals surface area contributed by atoms with E-state index in [9.17, 15) is 4.79 Å². The summed E-state index contributed by atoms with van der Waals surface area (Å²) in [5.41, 5.74) is 2.39. The summed E-state index contributed by atoms with van der Waals surface area (Å²) in [5.74, 6) is 0.00102. The van der Waals surface area contributed by atoms with E-state index in [0.717, 1.165) is 30.8 Å². The highest BCUT2D eigenvalue weighted by molar-refractivity contribution is 5.99. The van der Waals surface area contributed by atoms with E-state index in [2.05, 4.69) is 10.3 Å². The second kappa shape index (κ2) is 7.93. The number of pyridine rings is 1. The number of benzene rings is 1. The van der Waals surface area contributed by atoms with Gasteiger partial charge < -0.3 is 15.0 Å². The molecule has 0 radical (unpaired) electrons. The molecule has 5 nitrogen and oxygen atoms in total. The zero-order valence-electron chi connectivity index (χ0n) is 13.9. The van der Waals surface area contributed by atoms with E-state index in [1.165, 1.54) is 0 Å². The molecule has 1 saturated heterocycles. The van der Waals surface area contributed by atoms with E-state index in [1.807, 2.05) is 54.4 Å². The fourth-order valence-corrected chi connectivity index (χ4v) is 3.00. The molecule has 24 heavy (non-hydrogen) atoms. The lowest BCUT2D eigenvalue weighted by atomic mass is 10.1. The lowest BCUT2D eigenvalue weighted by Gasteiger charge is -2.26. The van der Waals surface area contributed by atoms with Gasteiger partial charge in [0.05, 0.1) is 23.9 Å².